The van der Waals surface area contributed by atoms with Crippen LogP contribution in [0.5, 0.6) is 0 Å². The van der Waals surface area contributed by atoms with Gasteiger partial charge in [0.1, 0.15) is 11.6 Å². The summed E-state index contributed by atoms with van der Waals surface area (Å²) in [4.78, 5) is 23.0. The molecule has 0 saturated carbocycles. The van der Waals surface area contributed by atoms with Gasteiger partial charge < -0.3 is 10.1 Å². The monoisotopic (exact) mass is 292 g/mol. The maximum Gasteiger partial charge on any atom is 0.408 e. The second kappa shape index (κ2) is 9.03. The SMILES string of the molecule is CCCCSC[C@H](NC(=O)OC(C)(C)C)C(=O)NO. The molecule has 7 heteroatoms. The van der Waals surface area contributed by atoms with Crippen molar-refractivity contribution < 1.29 is 19.5 Å². The Morgan fingerprint density at radius 1 is 1.37 bits per heavy atom. The van der Waals surface area contributed by atoms with E-state index in [1.807, 2.05) is 0 Å². The van der Waals surface area contributed by atoms with E-state index in [-0.39, 0.29) is 0 Å². The van der Waals surface area contributed by atoms with Gasteiger partial charge in [-0.2, -0.15) is 11.8 Å². The van der Waals surface area contributed by atoms with E-state index in [4.69, 9.17) is 9.94 Å². The maximum atomic E-state index is 11.6. The lowest BCUT2D eigenvalue weighted by Crippen LogP contribution is -2.49. The van der Waals surface area contributed by atoms with E-state index in [1.54, 1.807) is 38.0 Å². The molecule has 0 bridgehead atoms. The predicted molar refractivity (Wildman–Crippen MR) is 75.3 cm³/mol. The smallest absolute Gasteiger partial charge is 0.408 e. The lowest BCUT2D eigenvalue weighted by atomic mass is 10.2. The summed E-state index contributed by atoms with van der Waals surface area (Å²) in [6.45, 7) is 7.30. The first kappa shape index (κ1) is 18.0. The Kier molecular flexibility index (Phi) is 8.58. The number of hydroxylamine groups is 1. The number of nitrogens with one attached hydrogen (secondary N) is 2. The molecule has 0 aliphatic carbocycles. The van der Waals surface area contributed by atoms with Crippen LogP contribution in [0.1, 0.15) is 40.5 Å². The lowest BCUT2D eigenvalue weighted by Gasteiger charge is -2.22. The Morgan fingerprint density at radius 3 is 2.47 bits per heavy atom. The molecule has 0 spiro atoms. The molecule has 19 heavy (non-hydrogen) atoms. The number of ether oxygens (including phenoxy) is 1. The number of alkyl carbamates (subject to hydrolysis) is 1. The highest BCUT2D eigenvalue weighted by atomic mass is 32.2. The number of carbonyl (C=O) groups excluding carboxylic acids is 2. The zero-order chi connectivity index (χ0) is 14.9. The van der Waals surface area contributed by atoms with Crippen LogP contribution in [0.15, 0.2) is 0 Å². The van der Waals surface area contributed by atoms with Crippen LogP contribution in [-0.4, -0.2) is 40.4 Å². The first-order valence-electron chi connectivity index (χ1n) is 6.31. The fourth-order valence-corrected chi connectivity index (χ4v) is 2.29. The summed E-state index contributed by atoms with van der Waals surface area (Å²) in [5.74, 6) is 0.655. The van der Waals surface area contributed by atoms with Gasteiger partial charge in [-0.15, -0.1) is 0 Å². The molecule has 0 unspecified atom stereocenters. The molecular formula is C12H24N2O4S. The number of unbranched alkanes of at least 4 members (excludes halogenated alkanes) is 1. The van der Waals surface area contributed by atoms with Gasteiger partial charge in [-0.1, -0.05) is 13.3 Å². The summed E-state index contributed by atoms with van der Waals surface area (Å²) in [7, 11) is 0. The summed E-state index contributed by atoms with van der Waals surface area (Å²) in [6, 6.07) is -0.804. The van der Waals surface area contributed by atoms with Crippen LogP contribution in [0.3, 0.4) is 0 Å². The second-order valence-electron chi connectivity index (χ2n) is 5.10. The predicted octanol–water partition coefficient (Wildman–Crippen LogP) is 1.92. The highest BCUT2D eigenvalue weighted by Crippen LogP contribution is 2.09. The zero-order valence-electron chi connectivity index (χ0n) is 12.0. The highest BCUT2D eigenvalue weighted by Gasteiger charge is 2.23. The molecule has 3 N–H and O–H groups in total. The molecule has 0 aromatic rings. The third-order valence-electron chi connectivity index (χ3n) is 2.04. The summed E-state index contributed by atoms with van der Waals surface area (Å²) >= 11 is 1.55. The van der Waals surface area contributed by atoms with E-state index in [1.165, 1.54) is 0 Å². The van der Waals surface area contributed by atoms with Crippen LogP contribution < -0.4 is 10.8 Å². The number of thioether (sulfide) groups is 1. The van der Waals surface area contributed by atoms with Gasteiger partial charge in [0.15, 0.2) is 0 Å². The van der Waals surface area contributed by atoms with Crippen molar-refractivity contribution in [2.75, 3.05) is 11.5 Å². The number of hydrogen-bond acceptors (Lipinski definition) is 5. The zero-order valence-corrected chi connectivity index (χ0v) is 12.8. The minimum atomic E-state index is -0.804. The second-order valence-corrected chi connectivity index (χ2v) is 6.25. The van der Waals surface area contributed by atoms with Crippen molar-refractivity contribution in [1.82, 2.24) is 10.8 Å². The minimum absolute atomic E-state index is 0.394. The first-order chi connectivity index (χ1) is 8.80. The van der Waals surface area contributed by atoms with Crippen LogP contribution in [0.2, 0.25) is 0 Å². The quantitative estimate of drug-likeness (QED) is 0.379. The summed E-state index contributed by atoms with van der Waals surface area (Å²) in [5.41, 5.74) is 0.926. The Balaban J connectivity index is 4.27. The summed E-state index contributed by atoms with van der Waals surface area (Å²) in [6.07, 6.45) is 1.45. The van der Waals surface area contributed by atoms with Gasteiger partial charge in [0.25, 0.3) is 5.91 Å². The molecule has 0 fully saturated rings. The van der Waals surface area contributed by atoms with Crippen LogP contribution in [0.25, 0.3) is 0 Å². The minimum Gasteiger partial charge on any atom is -0.444 e. The third-order valence-corrected chi connectivity index (χ3v) is 3.19. The molecule has 0 radical (unpaired) electrons. The van der Waals surface area contributed by atoms with Gasteiger partial charge in [0.2, 0.25) is 0 Å². The fraction of sp³-hybridized carbons (Fsp3) is 0.833. The largest absolute Gasteiger partial charge is 0.444 e. The average Bonchev–Trinajstić information content (AvgIpc) is 2.29. The molecule has 0 aliphatic heterocycles. The lowest BCUT2D eigenvalue weighted by molar-refractivity contribution is -0.130. The Morgan fingerprint density at radius 2 is 2.00 bits per heavy atom. The Labute approximate surface area is 118 Å². The molecule has 112 valence electrons. The normalized spacial score (nSPS) is 12.7. The van der Waals surface area contributed by atoms with E-state index < -0.39 is 23.6 Å². The standard InChI is InChI=1S/C12H24N2O4S/c1-5-6-7-19-8-9(10(15)14-17)13-11(16)18-12(2,3)4/h9,17H,5-8H2,1-4H3,(H,13,16)(H,14,15)/t9-/m0/s1. The molecule has 2 amide bonds. The van der Waals surface area contributed by atoms with Gasteiger partial charge in [-0.3, -0.25) is 10.0 Å². The molecule has 0 heterocycles. The molecule has 0 rings (SSSR count). The molecule has 6 nitrogen and oxygen atoms in total. The molecule has 0 aromatic heterocycles. The van der Waals surface area contributed by atoms with Crippen molar-refractivity contribution in [2.45, 2.75) is 52.2 Å². The number of rotatable bonds is 7. The van der Waals surface area contributed by atoms with E-state index in [2.05, 4.69) is 12.2 Å². The van der Waals surface area contributed by atoms with E-state index in [0.29, 0.717) is 5.75 Å². The Bertz CT molecular complexity index is 292. The van der Waals surface area contributed by atoms with Crippen LogP contribution in [-0.2, 0) is 9.53 Å². The average molecular weight is 292 g/mol. The molecule has 0 saturated heterocycles. The van der Waals surface area contributed by atoms with Gasteiger partial charge in [0, 0.05) is 5.75 Å². The van der Waals surface area contributed by atoms with E-state index >= 15 is 0 Å². The van der Waals surface area contributed by atoms with Crippen molar-refractivity contribution in [2.24, 2.45) is 0 Å². The molecule has 0 aliphatic rings. The third kappa shape index (κ3) is 9.61. The van der Waals surface area contributed by atoms with Crippen LogP contribution in [0.4, 0.5) is 4.79 Å². The topological polar surface area (TPSA) is 87.7 Å². The number of hydrogen-bond donors (Lipinski definition) is 3. The van der Waals surface area contributed by atoms with Gasteiger partial charge in [-0.05, 0) is 32.9 Å². The number of carbonyl (C=O) groups is 2. The first-order valence-corrected chi connectivity index (χ1v) is 7.46. The van der Waals surface area contributed by atoms with E-state index in [9.17, 15) is 9.59 Å². The molecule has 1 atom stereocenters. The van der Waals surface area contributed by atoms with Gasteiger partial charge >= 0.3 is 6.09 Å². The number of amides is 2. The van der Waals surface area contributed by atoms with Crippen molar-refractivity contribution in [3.05, 3.63) is 0 Å². The van der Waals surface area contributed by atoms with Crippen LogP contribution in [0, 0.1) is 0 Å². The van der Waals surface area contributed by atoms with Crippen LogP contribution >= 0.6 is 11.8 Å². The summed E-state index contributed by atoms with van der Waals surface area (Å²) in [5, 5.41) is 11.1. The maximum absolute atomic E-state index is 11.6. The fourth-order valence-electron chi connectivity index (χ4n) is 1.16. The summed E-state index contributed by atoms with van der Waals surface area (Å²) < 4.78 is 5.07. The molecular weight excluding hydrogens is 268 g/mol. The van der Waals surface area contributed by atoms with Crippen molar-refractivity contribution in [1.29, 1.82) is 0 Å². The van der Waals surface area contributed by atoms with Crippen molar-refractivity contribution in [3.63, 3.8) is 0 Å². The van der Waals surface area contributed by atoms with Gasteiger partial charge in [-0.25, -0.2) is 10.3 Å². The van der Waals surface area contributed by atoms with E-state index in [0.717, 1.165) is 18.6 Å². The van der Waals surface area contributed by atoms with Crippen molar-refractivity contribution >= 4 is 23.8 Å². The Hall–Kier alpha value is -0.950. The highest BCUT2D eigenvalue weighted by molar-refractivity contribution is 7.99. The van der Waals surface area contributed by atoms with Crippen molar-refractivity contribution in [3.8, 4) is 0 Å². The van der Waals surface area contributed by atoms with Gasteiger partial charge in [0.05, 0.1) is 0 Å². The molecule has 0 aromatic carbocycles.